The van der Waals surface area contributed by atoms with Crippen molar-refractivity contribution in [1.29, 1.82) is 0 Å². The fourth-order valence-electron chi connectivity index (χ4n) is 3.64. The third-order valence-corrected chi connectivity index (χ3v) is 5.89. The highest BCUT2D eigenvalue weighted by Gasteiger charge is 2.22. The molecular formula is C24H23ClN4O2. The first kappa shape index (κ1) is 19.7. The summed E-state index contributed by atoms with van der Waals surface area (Å²) in [6.45, 7) is 2.64. The van der Waals surface area contributed by atoms with Gasteiger partial charge < -0.3 is 19.6 Å². The Morgan fingerprint density at radius 1 is 1.29 bits per heavy atom. The Bertz CT molecular complexity index is 1280. The smallest absolute Gasteiger partial charge is 0.253 e. The molecule has 2 N–H and O–H groups in total. The number of rotatable bonds is 7. The lowest BCUT2D eigenvalue weighted by Gasteiger charge is -2.17. The van der Waals surface area contributed by atoms with Crippen molar-refractivity contribution in [1.82, 2.24) is 14.5 Å². The van der Waals surface area contributed by atoms with Crippen LogP contribution in [0.15, 0.2) is 66.0 Å². The van der Waals surface area contributed by atoms with E-state index in [0.717, 1.165) is 22.3 Å². The highest BCUT2D eigenvalue weighted by atomic mass is 35.5. The molecule has 5 rings (SSSR count). The van der Waals surface area contributed by atoms with E-state index in [4.69, 9.17) is 16.3 Å². The first-order valence-electron chi connectivity index (χ1n) is 10.4. The van der Waals surface area contributed by atoms with E-state index in [1.807, 2.05) is 60.2 Å². The maximum Gasteiger partial charge on any atom is 0.253 e. The van der Waals surface area contributed by atoms with Gasteiger partial charge in [0.1, 0.15) is 5.75 Å². The predicted molar refractivity (Wildman–Crippen MR) is 123 cm³/mol. The molecule has 4 aromatic rings. The number of fused-ring (bicyclic) bond motifs is 1. The molecule has 0 bridgehead atoms. The lowest BCUT2D eigenvalue weighted by atomic mass is 10.1. The standard InChI is InChI=1S/C24H23ClN4O2/c1-15(27-18-3-2-4-19(11-18)29-8-7-26-14-29)20-9-17-10-21(25)23(31-13-16-5-6-16)12-22(17)28-24(20)30/h2-4,7-12,14-16,27H,5-6,13H2,1H3,(H,28,30). The third kappa shape index (κ3) is 4.30. The van der Waals surface area contributed by atoms with Crippen LogP contribution in [0.25, 0.3) is 16.6 Å². The van der Waals surface area contributed by atoms with Crippen molar-refractivity contribution in [2.24, 2.45) is 5.92 Å². The van der Waals surface area contributed by atoms with Crippen LogP contribution in [0.2, 0.25) is 5.02 Å². The molecular weight excluding hydrogens is 412 g/mol. The summed E-state index contributed by atoms with van der Waals surface area (Å²) in [6, 6.07) is 13.3. The number of aromatic amines is 1. The van der Waals surface area contributed by atoms with Crippen LogP contribution in [-0.2, 0) is 0 Å². The molecule has 0 spiro atoms. The molecule has 158 valence electrons. The zero-order chi connectivity index (χ0) is 21.4. The van der Waals surface area contributed by atoms with Crippen LogP contribution in [-0.4, -0.2) is 21.1 Å². The van der Waals surface area contributed by atoms with Crippen molar-refractivity contribution in [3.63, 3.8) is 0 Å². The Balaban J connectivity index is 1.40. The van der Waals surface area contributed by atoms with Crippen molar-refractivity contribution in [2.45, 2.75) is 25.8 Å². The molecule has 1 atom stereocenters. The highest BCUT2D eigenvalue weighted by molar-refractivity contribution is 6.32. The van der Waals surface area contributed by atoms with Gasteiger partial charge in [-0.05, 0) is 56.0 Å². The van der Waals surface area contributed by atoms with E-state index >= 15 is 0 Å². The molecule has 1 saturated carbocycles. The van der Waals surface area contributed by atoms with Gasteiger partial charge in [0.25, 0.3) is 5.56 Å². The van der Waals surface area contributed by atoms with Gasteiger partial charge in [0.05, 0.1) is 29.5 Å². The first-order valence-corrected chi connectivity index (χ1v) is 10.8. The zero-order valence-electron chi connectivity index (χ0n) is 17.1. The Kier molecular flexibility index (Phi) is 5.16. The monoisotopic (exact) mass is 434 g/mol. The maximum atomic E-state index is 12.8. The Morgan fingerprint density at radius 3 is 2.94 bits per heavy atom. The SMILES string of the molecule is CC(Nc1cccc(-n2ccnc2)c1)c1cc2cc(Cl)c(OCC3CC3)cc2[nH]c1=O. The van der Waals surface area contributed by atoms with Crippen LogP contribution in [0.4, 0.5) is 5.69 Å². The van der Waals surface area contributed by atoms with E-state index in [0.29, 0.717) is 28.9 Å². The summed E-state index contributed by atoms with van der Waals surface area (Å²) in [5.41, 5.74) is 3.14. The number of hydrogen-bond donors (Lipinski definition) is 2. The summed E-state index contributed by atoms with van der Waals surface area (Å²) in [4.78, 5) is 19.9. The molecule has 1 aliphatic carbocycles. The van der Waals surface area contributed by atoms with Crippen LogP contribution < -0.4 is 15.6 Å². The van der Waals surface area contributed by atoms with Crippen molar-refractivity contribution in [3.8, 4) is 11.4 Å². The average molecular weight is 435 g/mol. The number of benzene rings is 2. The van der Waals surface area contributed by atoms with Crippen LogP contribution in [0, 0.1) is 5.92 Å². The molecule has 2 heterocycles. The molecule has 2 aromatic carbocycles. The molecule has 1 fully saturated rings. The molecule has 7 heteroatoms. The van der Waals surface area contributed by atoms with Gasteiger partial charge in [-0.2, -0.15) is 0 Å². The zero-order valence-corrected chi connectivity index (χ0v) is 17.9. The largest absolute Gasteiger partial charge is 0.492 e. The predicted octanol–water partition coefficient (Wildman–Crippen LogP) is 5.33. The second-order valence-corrected chi connectivity index (χ2v) is 8.47. The van der Waals surface area contributed by atoms with Gasteiger partial charge in [0.15, 0.2) is 0 Å². The van der Waals surface area contributed by atoms with Crippen LogP contribution in [0.3, 0.4) is 0 Å². The van der Waals surface area contributed by atoms with Gasteiger partial charge in [-0.25, -0.2) is 4.98 Å². The van der Waals surface area contributed by atoms with E-state index in [9.17, 15) is 4.79 Å². The minimum atomic E-state index is -0.198. The Hall–Kier alpha value is -3.25. The quantitative estimate of drug-likeness (QED) is 0.412. The molecule has 1 aliphatic rings. The number of hydrogen-bond acceptors (Lipinski definition) is 4. The molecule has 0 aliphatic heterocycles. The molecule has 31 heavy (non-hydrogen) atoms. The summed E-state index contributed by atoms with van der Waals surface area (Å²) < 4.78 is 7.77. The molecule has 0 radical (unpaired) electrons. The molecule has 2 aromatic heterocycles. The minimum absolute atomic E-state index is 0.131. The number of H-pyrrole nitrogens is 1. The van der Waals surface area contributed by atoms with Crippen molar-refractivity contribution >= 4 is 28.2 Å². The third-order valence-electron chi connectivity index (χ3n) is 5.60. The lowest BCUT2D eigenvalue weighted by Crippen LogP contribution is -2.19. The van der Waals surface area contributed by atoms with Crippen molar-refractivity contribution in [3.05, 3.63) is 82.1 Å². The highest BCUT2D eigenvalue weighted by Crippen LogP contribution is 2.34. The van der Waals surface area contributed by atoms with Gasteiger partial charge in [0.2, 0.25) is 0 Å². The van der Waals surface area contributed by atoms with Crippen LogP contribution in [0.5, 0.6) is 5.75 Å². The van der Waals surface area contributed by atoms with E-state index in [-0.39, 0.29) is 11.6 Å². The number of imidazole rings is 1. The summed E-state index contributed by atoms with van der Waals surface area (Å²) in [5, 5.41) is 4.85. The number of anilines is 1. The number of pyridine rings is 1. The van der Waals surface area contributed by atoms with Crippen molar-refractivity contribution < 1.29 is 4.74 Å². The molecule has 1 unspecified atom stereocenters. The molecule has 0 amide bonds. The second kappa shape index (κ2) is 8.12. The number of halogens is 1. The normalized spacial score (nSPS) is 14.5. The summed E-state index contributed by atoms with van der Waals surface area (Å²) in [7, 11) is 0. The van der Waals surface area contributed by atoms with Gasteiger partial charge in [-0.15, -0.1) is 0 Å². The minimum Gasteiger partial charge on any atom is -0.492 e. The Morgan fingerprint density at radius 2 is 2.16 bits per heavy atom. The number of aromatic nitrogens is 3. The molecule has 6 nitrogen and oxygen atoms in total. The molecule has 0 saturated heterocycles. The van der Waals surface area contributed by atoms with Crippen molar-refractivity contribution in [2.75, 3.05) is 11.9 Å². The van der Waals surface area contributed by atoms with E-state index in [2.05, 4.69) is 15.3 Å². The number of ether oxygens (including phenoxy) is 1. The van der Waals surface area contributed by atoms with Gasteiger partial charge in [-0.1, -0.05) is 17.7 Å². The van der Waals surface area contributed by atoms with Gasteiger partial charge in [-0.3, -0.25) is 4.79 Å². The topological polar surface area (TPSA) is 71.9 Å². The summed E-state index contributed by atoms with van der Waals surface area (Å²) in [6.07, 6.45) is 7.81. The fourth-order valence-corrected chi connectivity index (χ4v) is 3.87. The van der Waals surface area contributed by atoms with E-state index in [1.165, 1.54) is 12.8 Å². The van der Waals surface area contributed by atoms with Crippen LogP contribution >= 0.6 is 11.6 Å². The fraction of sp³-hybridized carbons (Fsp3) is 0.250. The Labute approximate surface area is 184 Å². The number of nitrogens with zero attached hydrogens (tertiary/aromatic N) is 2. The van der Waals surface area contributed by atoms with Gasteiger partial charge in [0, 0.05) is 40.8 Å². The van der Waals surface area contributed by atoms with Crippen LogP contribution in [0.1, 0.15) is 31.4 Å². The van der Waals surface area contributed by atoms with E-state index < -0.39 is 0 Å². The lowest BCUT2D eigenvalue weighted by molar-refractivity contribution is 0.300. The second-order valence-electron chi connectivity index (χ2n) is 8.06. The summed E-state index contributed by atoms with van der Waals surface area (Å²) >= 11 is 6.43. The average Bonchev–Trinajstić information content (AvgIpc) is 3.42. The summed E-state index contributed by atoms with van der Waals surface area (Å²) in [5.74, 6) is 1.25. The van der Waals surface area contributed by atoms with E-state index in [1.54, 1.807) is 12.5 Å². The maximum absolute atomic E-state index is 12.8. The van der Waals surface area contributed by atoms with Gasteiger partial charge >= 0.3 is 0 Å². The number of nitrogens with one attached hydrogen (secondary N) is 2. The first-order chi connectivity index (χ1) is 15.1.